The highest BCUT2D eigenvalue weighted by molar-refractivity contribution is 6.03. The van der Waals surface area contributed by atoms with Gasteiger partial charge in [-0.15, -0.1) is 0 Å². The van der Waals surface area contributed by atoms with Gasteiger partial charge < -0.3 is 15.2 Å². The summed E-state index contributed by atoms with van der Waals surface area (Å²) < 4.78 is 1.83. The number of benzene rings is 1. The van der Waals surface area contributed by atoms with Gasteiger partial charge in [-0.25, -0.2) is 4.98 Å². The topological polar surface area (TPSA) is 96.3 Å². The van der Waals surface area contributed by atoms with Gasteiger partial charge in [0.25, 0.3) is 0 Å². The molecular weight excluding hydrogens is 370 g/mol. The highest BCUT2D eigenvalue weighted by Crippen LogP contribution is 2.26. The minimum Gasteiger partial charge on any atom is -0.358 e. The largest absolute Gasteiger partial charge is 0.358 e. The Labute approximate surface area is 167 Å². The van der Waals surface area contributed by atoms with Crippen LogP contribution in [0.3, 0.4) is 0 Å². The van der Waals surface area contributed by atoms with Crippen molar-refractivity contribution in [3.63, 3.8) is 0 Å². The number of hydrogen-bond donors (Lipinski definition) is 2. The molecule has 1 aliphatic rings. The minimum absolute atomic E-state index is 0.101. The Morgan fingerprint density at radius 1 is 1.21 bits per heavy atom. The van der Waals surface area contributed by atoms with Crippen molar-refractivity contribution in [1.29, 1.82) is 0 Å². The van der Waals surface area contributed by atoms with Crippen molar-refractivity contribution in [3.8, 4) is 0 Å². The first kappa shape index (κ1) is 18.7. The van der Waals surface area contributed by atoms with Gasteiger partial charge in [0, 0.05) is 38.1 Å². The second kappa shape index (κ2) is 7.75. The second-order valence-electron chi connectivity index (χ2n) is 6.97. The fourth-order valence-electron chi connectivity index (χ4n) is 3.50. The number of carbonyl (C=O) groups is 3. The third-order valence-corrected chi connectivity index (χ3v) is 5.06. The van der Waals surface area contributed by atoms with Crippen molar-refractivity contribution in [2.45, 2.75) is 13.0 Å². The number of carbonyl (C=O) groups excluding carboxylic acids is 3. The molecule has 0 radical (unpaired) electrons. The number of hydrogen-bond acceptors (Lipinski definition) is 4. The lowest BCUT2D eigenvalue weighted by Crippen LogP contribution is -2.28. The maximum absolute atomic E-state index is 12.7. The molecule has 3 heterocycles. The number of likely N-dealkylation sites (N-methyl/N-ethyl adjacent to an activating group) is 1. The van der Waals surface area contributed by atoms with Gasteiger partial charge in [-0.05, 0) is 35.7 Å². The molecule has 148 valence electrons. The predicted octanol–water partition coefficient (Wildman–Crippen LogP) is 1.77. The van der Waals surface area contributed by atoms with Crippen LogP contribution in [0.15, 0.2) is 54.9 Å². The van der Waals surface area contributed by atoms with Gasteiger partial charge in [0.05, 0.1) is 11.4 Å². The number of aromatic nitrogens is 2. The Morgan fingerprint density at radius 2 is 2.07 bits per heavy atom. The number of nitrogens with one attached hydrogen (secondary N) is 2. The highest BCUT2D eigenvalue weighted by Gasteiger charge is 2.35. The summed E-state index contributed by atoms with van der Waals surface area (Å²) >= 11 is 0. The van der Waals surface area contributed by atoms with E-state index in [9.17, 15) is 14.4 Å². The molecule has 29 heavy (non-hydrogen) atoms. The number of pyridine rings is 1. The van der Waals surface area contributed by atoms with Gasteiger partial charge in [0.15, 0.2) is 0 Å². The quantitative estimate of drug-likeness (QED) is 0.693. The molecule has 0 aliphatic carbocycles. The van der Waals surface area contributed by atoms with Crippen molar-refractivity contribution in [2.24, 2.45) is 5.92 Å². The van der Waals surface area contributed by atoms with Gasteiger partial charge in [-0.2, -0.15) is 0 Å². The van der Waals surface area contributed by atoms with E-state index in [1.165, 1.54) is 0 Å². The Morgan fingerprint density at radius 3 is 2.83 bits per heavy atom. The number of nitrogens with zero attached hydrogens (tertiary/aromatic N) is 3. The summed E-state index contributed by atoms with van der Waals surface area (Å²) in [4.78, 5) is 42.5. The number of amides is 3. The Hall–Kier alpha value is -3.68. The molecule has 8 nitrogen and oxygen atoms in total. The molecule has 2 N–H and O–H groups in total. The maximum atomic E-state index is 12.7. The summed E-state index contributed by atoms with van der Waals surface area (Å²) in [6.45, 7) is 0.504. The molecule has 3 aromatic rings. The molecule has 4 rings (SSSR count). The van der Waals surface area contributed by atoms with Crippen molar-refractivity contribution in [1.82, 2.24) is 14.9 Å². The van der Waals surface area contributed by atoms with E-state index in [0.29, 0.717) is 18.1 Å². The molecule has 2 aromatic heterocycles. The van der Waals surface area contributed by atoms with E-state index in [1.807, 2.05) is 41.1 Å². The summed E-state index contributed by atoms with van der Waals surface area (Å²) in [5, 5.41) is 6.48. The van der Waals surface area contributed by atoms with Crippen LogP contribution in [0.1, 0.15) is 6.42 Å². The van der Waals surface area contributed by atoms with Gasteiger partial charge in [0.1, 0.15) is 12.4 Å². The molecule has 1 saturated heterocycles. The number of anilines is 2. The van der Waals surface area contributed by atoms with Crippen molar-refractivity contribution in [2.75, 3.05) is 23.8 Å². The van der Waals surface area contributed by atoms with E-state index in [0.717, 1.165) is 10.9 Å². The standard InChI is InChI=1S/C21H21N5O3/c1-22-19(27)13-25-9-7-14-5-6-16(11-17(14)25)24-21(29)15-10-20(28)26(12-15)18-4-2-3-8-23-18/h2-9,11,15H,10,12-13H2,1H3,(H,22,27)(H,24,29)/t15-/m1/s1. The van der Waals surface area contributed by atoms with E-state index in [4.69, 9.17) is 0 Å². The summed E-state index contributed by atoms with van der Waals surface area (Å²) in [5.41, 5.74) is 1.48. The Balaban J connectivity index is 1.48. The zero-order valence-electron chi connectivity index (χ0n) is 16.0. The average Bonchev–Trinajstić information content (AvgIpc) is 3.32. The van der Waals surface area contributed by atoms with Crippen LogP contribution >= 0.6 is 0 Å². The fraction of sp³-hybridized carbons (Fsp3) is 0.238. The normalized spacial score (nSPS) is 16.2. The number of fused-ring (bicyclic) bond motifs is 1. The van der Waals surface area contributed by atoms with Crippen molar-refractivity contribution in [3.05, 3.63) is 54.9 Å². The van der Waals surface area contributed by atoms with Crippen LogP contribution < -0.4 is 15.5 Å². The third-order valence-electron chi connectivity index (χ3n) is 5.06. The van der Waals surface area contributed by atoms with E-state index >= 15 is 0 Å². The predicted molar refractivity (Wildman–Crippen MR) is 109 cm³/mol. The van der Waals surface area contributed by atoms with E-state index in [-0.39, 0.29) is 30.7 Å². The minimum atomic E-state index is -0.446. The Bertz CT molecular complexity index is 1080. The molecule has 0 spiro atoms. The van der Waals surface area contributed by atoms with Crippen LogP contribution in [0.25, 0.3) is 10.9 Å². The first-order valence-corrected chi connectivity index (χ1v) is 9.37. The lowest BCUT2D eigenvalue weighted by atomic mass is 10.1. The first-order valence-electron chi connectivity index (χ1n) is 9.37. The lowest BCUT2D eigenvalue weighted by molar-refractivity contribution is -0.122. The Kier molecular flexibility index (Phi) is 4.99. The van der Waals surface area contributed by atoms with Crippen LogP contribution in [-0.2, 0) is 20.9 Å². The second-order valence-corrected chi connectivity index (χ2v) is 6.97. The molecule has 0 unspecified atom stereocenters. The molecular formula is C21H21N5O3. The molecule has 1 aliphatic heterocycles. The molecule has 1 atom stereocenters. The monoisotopic (exact) mass is 391 g/mol. The van der Waals surface area contributed by atoms with Crippen molar-refractivity contribution >= 4 is 40.1 Å². The maximum Gasteiger partial charge on any atom is 0.239 e. The van der Waals surface area contributed by atoms with Crippen LogP contribution in [0.5, 0.6) is 0 Å². The molecule has 0 saturated carbocycles. The lowest BCUT2D eigenvalue weighted by Gasteiger charge is -2.15. The van der Waals surface area contributed by atoms with Gasteiger partial charge in [-0.1, -0.05) is 12.1 Å². The van der Waals surface area contributed by atoms with Crippen molar-refractivity contribution < 1.29 is 14.4 Å². The van der Waals surface area contributed by atoms with Gasteiger partial charge in [-0.3, -0.25) is 19.3 Å². The molecule has 8 heteroatoms. The molecule has 0 bridgehead atoms. The smallest absolute Gasteiger partial charge is 0.239 e. The number of rotatable bonds is 5. The average molecular weight is 391 g/mol. The summed E-state index contributed by atoms with van der Waals surface area (Å²) in [5.74, 6) is -0.311. The molecule has 1 aromatic carbocycles. The van der Waals surface area contributed by atoms with Gasteiger partial charge >= 0.3 is 0 Å². The zero-order chi connectivity index (χ0) is 20.4. The van der Waals surface area contributed by atoms with Crippen LogP contribution in [0.4, 0.5) is 11.5 Å². The molecule has 3 amide bonds. The van der Waals surface area contributed by atoms with E-state index < -0.39 is 5.92 Å². The first-order chi connectivity index (χ1) is 14.0. The third kappa shape index (κ3) is 3.82. The van der Waals surface area contributed by atoms with Gasteiger partial charge in [0.2, 0.25) is 17.7 Å². The zero-order valence-corrected chi connectivity index (χ0v) is 16.0. The van der Waals surface area contributed by atoms with E-state index in [1.54, 1.807) is 30.3 Å². The SMILES string of the molecule is CNC(=O)Cn1ccc2ccc(NC(=O)[C@@H]3CC(=O)N(c4ccccn4)C3)cc21. The summed E-state index contributed by atoms with van der Waals surface area (Å²) in [6, 6.07) is 12.8. The van der Waals surface area contributed by atoms with Crippen LogP contribution in [-0.4, -0.2) is 40.9 Å². The fourth-order valence-corrected chi connectivity index (χ4v) is 3.50. The highest BCUT2D eigenvalue weighted by atomic mass is 16.2. The van der Waals surface area contributed by atoms with Crippen LogP contribution in [0, 0.1) is 5.92 Å². The van der Waals surface area contributed by atoms with E-state index in [2.05, 4.69) is 15.6 Å². The van der Waals surface area contributed by atoms with Crippen LogP contribution in [0.2, 0.25) is 0 Å². The molecule has 1 fully saturated rings. The summed E-state index contributed by atoms with van der Waals surface area (Å²) in [7, 11) is 1.59. The summed E-state index contributed by atoms with van der Waals surface area (Å²) in [6.07, 6.45) is 3.61.